The lowest BCUT2D eigenvalue weighted by atomic mass is 10.1. The Morgan fingerprint density at radius 2 is 1.87 bits per heavy atom. The van der Waals surface area contributed by atoms with Gasteiger partial charge in [0, 0.05) is 17.8 Å². The molecule has 0 aliphatic rings. The van der Waals surface area contributed by atoms with Crippen LogP contribution < -0.4 is 5.56 Å². The number of hydrogen-bond acceptors (Lipinski definition) is 1. The molecule has 0 aliphatic heterocycles. The van der Waals surface area contributed by atoms with Crippen LogP contribution in [-0.4, -0.2) is 4.98 Å². The van der Waals surface area contributed by atoms with Crippen molar-refractivity contribution in [3.8, 4) is 11.1 Å². The molecule has 0 spiro atoms. The van der Waals surface area contributed by atoms with Gasteiger partial charge in [-0.3, -0.25) is 4.79 Å². The van der Waals surface area contributed by atoms with E-state index in [1.54, 1.807) is 12.1 Å². The number of aromatic amines is 1. The van der Waals surface area contributed by atoms with Gasteiger partial charge in [-0.15, -0.1) is 0 Å². The molecular weight excluding hydrogens is 217 g/mol. The quantitative estimate of drug-likeness (QED) is 0.792. The lowest BCUT2D eigenvalue weighted by molar-refractivity contribution is 0.628. The smallest absolute Gasteiger partial charge is 0.249 e. The van der Waals surface area contributed by atoms with E-state index in [2.05, 4.69) is 4.98 Å². The average Bonchev–Trinajstić information content (AvgIpc) is 2.20. The van der Waals surface area contributed by atoms with Gasteiger partial charge < -0.3 is 4.98 Å². The zero-order chi connectivity index (χ0) is 10.8. The van der Waals surface area contributed by atoms with E-state index in [1.807, 2.05) is 0 Å². The molecule has 0 aliphatic carbocycles. The highest BCUT2D eigenvalue weighted by atomic mass is 35.5. The summed E-state index contributed by atoms with van der Waals surface area (Å²) in [5.41, 5.74) is 1.18. The zero-order valence-corrected chi connectivity index (χ0v) is 8.38. The van der Waals surface area contributed by atoms with Crippen LogP contribution in [0.5, 0.6) is 0 Å². The molecule has 1 aromatic carbocycles. The van der Waals surface area contributed by atoms with E-state index >= 15 is 0 Å². The Morgan fingerprint density at radius 1 is 1.20 bits per heavy atom. The standard InChI is InChI=1S/C11H7ClFNO/c12-10-5-11(15)14-6-9(10)7-1-3-8(13)4-2-7/h1-6H,(H,14,15). The molecule has 0 atom stereocenters. The summed E-state index contributed by atoms with van der Waals surface area (Å²) in [6.07, 6.45) is 1.51. The minimum atomic E-state index is -0.306. The van der Waals surface area contributed by atoms with E-state index < -0.39 is 0 Å². The van der Waals surface area contributed by atoms with Gasteiger partial charge in [0.1, 0.15) is 5.82 Å². The van der Waals surface area contributed by atoms with Crippen LogP contribution in [0.4, 0.5) is 4.39 Å². The van der Waals surface area contributed by atoms with Crippen LogP contribution in [0.3, 0.4) is 0 Å². The summed E-state index contributed by atoms with van der Waals surface area (Å²) in [6, 6.07) is 7.19. The maximum Gasteiger partial charge on any atom is 0.249 e. The van der Waals surface area contributed by atoms with Crippen LogP contribution >= 0.6 is 11.6 Å². The van der Waals surface area contributed by atoms with Crippen molar-refractivity contribution in [1.82, 2.24) is 4.98 Å². The molecule has 2 rings (SSSR count). The lowest BCUT2D eigenvalue weighted by Gasteiger charge is -2.02. The molecule has 0 saturated carbocycles. The number of aromatic nitrogens is 1. The minimum Gasteiger partial charge on any atom is -0.328 e. The van der Waals surface area contributed by atoms with Crippen molar-refractivity contribution in [2.24, 2.45) is 0 Å². The molecule has 76 valence electrons. The largest absolute Gasteiger partial charge is 0.328 e. The second-order valence-corrected chi connectivity index (χ2v) is 3.47. The molecule has 0 amide bonds. The Bertz CT molecular complexity index is 533. The van der Waals surface area contributed by atoms with Gasteiger partial charge in [-0.25, -0.2) is 4.39 Å². The Balaban J connectivity index is 2.54. The predicted molar refractivity (Wildman–Crippen MR) is 57.5 cm³/mol. The molecule has 1 N–H and O–H groups in total. The fourth-order valence-corrected chi connectivity index (χ4v) is 1.56. The molecular formula is C11H7ClFNO. The zero-order valence-electron chi connectivity index (χ0n) is 7.63. The Hall–Kier alpha value is -1.61. The van der Waals surface area contributed by atoms with Crippen molar-refractivity contribution >= 4 is 11.6 Å². The maximum absolute atomic E-state index is 12.7. The molecule has 0 bridgehead atoms. The number of halogens is 2. The van der Waals surface area contributed by atoms with E-state index in [0.29, 0.717) is 10.6 Å². The molecule has 2 nitrogen and oxygen atoms in total. The first-order valence-electron chi connectivity index (χ1n) is 4.31. The summed E-state index contributed by atoms with van der Waals surface area (Å²) in [5.74, 6) is -0.306. The highest BCUT2D eigenvalue weighted by Gasteiger charge is 2.03. The van der Waals surface area contributed by atoms with Crippen molar-refractivity contribution in [1.29, 1.82) is 0 Å². The first kappa shape index (κ1) is 9.93. The average molecular weight is 224 g/mol. The predicted octanol–water partition coefficient (Wildman–Crippen LogP) is 2.83. The van der Waals surface area contributed by atoms with Crippen LogP contribution in [0.15, 0.2) is 41.3 Å². The summed E-state index contributed by atoms with van der Waals surface area (Å²) in [7, 11) is 0. The maximum atomic E-state index is 12.7. The monoisotopic (exact) mass is 223 g/mol. The third kappa shape index (κ3) is 2.07. The Labute approximate surface area is 90.3 Å². The van der Waals surface area contributed by atoms with Gasteiger partial charge >= 0.3 is 0 Å². The van der Waals surface area contributed by atoms with Crippen LogP contribution in [0.1, 0.15) is 0 Å². The highest BCUT2D eigenvalue weighted by molar-refractivity contribution is 6.33. The van der Waals surface area contributed by atoms with Crippen molar-refractivity contribution in [3.63, 3.8) is 0 Å². The second-order valence-electron chi connectivity index (χ2n) is 3.07. The normalized spacial score (nSPS) is 10.3. The van der Waals surface area contributed by atoms with Crippen LogP contribution in [0, 0.1) is 5.82 Å². The number of rotatable bonds is 1. The van der Waals surface area contributed by atoms with Gasteiger partial charge in [0.15, 0.2) is 0 Å². The van der Waals surface area contributed by atoms with Crippen LogP contribution in [0.2, 0.25) is 5.02 Å². The molecule has 0 unspecified atom stereocenters. The summed E-state index contributed by atoms with van der Waals surface area (Å²) < 4.78 is 12.7. The fraction of sp³-hybridized carbons (Fsp3) is 0. The Kier molecular flexibility index (Phi) is 2.56. The Morgan fingerprint density at radius 3 is 2.47 bits per heavy atom. The minimum absolute atomic E-state index is 0.258. The SMILES string of the molecule is O=c1cc(Cl)c(-c2ccc(F)cc2)c[nH]1. The lowest BCUT2D eigenvalue weighted by Crippen LogP contribution is -2.02. The van der Waals surface area contributed by atoms with Gasteiger partial charge in [0.2, 0.25) is 5.56 Å². The van der Waals surface area contributed by atoms with E-state index in [1.165, 1.54) is 24.4 Å². The van der Waals surface area contributed by atoms with E-state index in [0.717, 1.165) is 5.56 Å². The van der Waals surface area contributed by atoms with Gasteiger partial charge in [0.25, 0.3) is 0 Å². The number of pyridine rings is 1. The molecule has 4 heteroatoms. The molecule has 2 aromatic rings. The number of H-pyrrole nitrogens is 1. The van der Waals surface area contributed by atoms with E-state index in [9.17, 15) is 9.18 Å². The second kappa shape index (κ2) is 3.87. The summed E-state index contributed by atoms with van der Waals surface area (Å²) in [5, 5.41) is 0.352. The van der Waals surface area contributed by atoms with Crippen molar-refractivity contribution in [2.75, 3.05) is 0 Å². The number of benzene rings is 1. The first-order chi connectivity index (χ1) is 7.16. The number of hydrogen-bond donors (Lipinski definition) is 1. The van der Waals surface area contributed by atoms with Crippen molar-refractivity contribution in [3.05, 3.63) is 57.7 Å². The molecule has 0 fully saturated rings. The molecule has 0 saturated heterocycles. The van der Waals surface area contributed by atoms with E-state index in [4.69, 9.17) is 11.6 Å². The topological polar surface area (TPSA) is 32.9 Å². The highest BCUT2D eigenvalue weighted by Crippen LogP contribution is 2.25. The molecule has 1 aromatic heterocycles. The fourth-order valence-electron chi connectivity index (χ4n) is 1.30. The van der Waals surface area contributed by atoms with Crippen LogP contribution in [-0.2, 0) is 0 Å². The third-order valence-electron chi connectivity index (χ3n) is 2.03. The first-order valence-corrected chi connectivity index (χ1v) is 4.69. The summed E-state index contributed by atoms with van der Waals surface area (Å²) >= 11 is 5.89. The van der Waals surface area contributed by atoms with Crippen molar-refractivity contribution < 1.29 is 4.39 Å². The number of nitrogens with one attached hydrogen (secondary N) is 1. The molecule has 15 heavy (non-hydrogen) atoms. The van der Waals surface area contributed by atoms with Gasteiger partial charge in [0.05, 0.1) is 5.02 Å². The third-order valence-corrected chi connectivity index (χ3v) is 2.34. The van der Waals surface area contributed by atoms with Gasteiger partial charge in [-0.05, 0) is 17.7 Å². The molecule has 0 radical (unpaired) electrons. The van der Waals surface area contributed by atoms with Crippen molar-refractivity contribution in [2.45, 2.75) is 0 Å². The van der Waals surface area contributed by atoms with E-state index in [-0.39, 0.29) is 11.4 Å². The van der Waals surface area contributed by atoms with Gasteiger partial charge in [-0.1, -0.05) is 23.7 Å². The van der Waals surface area contributed by atoms with Gasteiger partial charge in [-0.2, -0.15) is 0 Å². The molecule has 1 heterocycles. The van der Waals surface area contributed by atoms with Crippen LogP contribution in [0.25, 0.3) is 11.1 Å². The summed E-state index contributed by atoms with van der Waals surface area (Å²) in [6.45, 7) is 0. The summed E-state index contributed by atoms with van der Waals surface area (Å²) in [4.78, 5) is 13.4.